The number of ether oxygens (including phenoxy) is 3. The largest absolute Gasteiger partial charge is 0.496 e. The Morgan fingerprint density at radius 2 is 2.00 bits per heavy atom. The van der Waals surface area contributed by atoms with Crippen LogP contribution in [0.3, 0.4) is 0 Å². The molecular formula is C26H29F2N3O4. The molecule has 1 atom stereocenters. The number of benzene rings is 1. The first-order chi connectivity index (χ1) is 16.9. The fraction of sp³-hybridized carbons (Fsp3) is 0.462. The Morgan fingerprint density at radius 3 is 2.71 bits per heavy atom. The number of hydrogen-bond acceptors (Lipinski definition) is 6. The van der Waals surface area contributed by atoms with Gasteiger partial charge in [0.15, 0.2) is 5.78 Å². The van der Waals surface area contributed by atoms with E-state index < -0.39 is 6.61 Å². The maximum Gasteiger partial charge on any atom is 0.387 e. The maximum absolute atomic E-state index is 13.3. The van der Waals surface area contributed by atoms with Crippen molar-refractivity contribution in [3.05, 3.63) is 42.2 Å². The van der Waals surface area contributed by atoms with Crippen LogP contribution < -0.4 is 14.2 Å². The van der Waals surface area contributed by atoms with Crippen LogP contribution in [0.4, 0.5) is 8.78 Å². The maximum atomic E-state index is 13.3. The molecule has 7 nitrogen and oxygen atoms in total. The second-order valence-corrected chi connectivity index (χ2v) is 9.38. The molecule has 2 fully saturated rings. The van der Waals surface area contributed by atoms with Crippen LogP contribution >= 0.6 is 0 Å². The Morgan fingerprint density at radius 1 is 1.20 bits per heavy atom. The van der Waals surface area contributed by atoms with E-state index in [4.69, 9.17) is 14.2 Å². The average molecular weight is 486 g/mol. The third-order valence-corrected chi connectivity index (χ3v) is 6.62. The first kappa shape index (κ1) is 23.5. The number of Topliss-reactive ketones (excluding diaryl/α,β-unsaturated/α-hetero) is 1. The zero-order valence-corrected chi connectivity index (χ0v) is 19.9. The number of likely N-dealkylation sites (tertiary alicyclic amines) is 1. The van der Waals surface area contributed by atoms with Crippen LogP contribution in [0.5, 0.6) is 17.2 Å². The van der Waals surface area contributed by atoms with Gasteiger partial charge >= 0.3 is 6.61 Å². The number of fused-ring (bicyclic) bond motifs is 1. The first-order valence-corrected chi connectivity index (χ1v) is 11.9. The summed E-state index contributed by atoms with van der Waals surface area (Å²) in [5, 5.41) is 0. The lowest BCUT2D eigenvalue weighted by atomic mass is 10.00. The molecule has 1 saturated heterocycles. The molecule has 3 aromatic rings. The molecule has 1 saturated carbocycles. The summed E-state index contributed by atoms with van der Waals surface area (Å²) >= 11 is 0. The zero-order valence-electron chi connectivity index (χ0n) is 19.9. The van der Waals surface area contributed by atoms with Crippen molar-refractivity contribution >= 4 is 11.4 Å². The van der Waals surface area contributed by atoms with E-state index in [9.17, 15) is 13.6 Å². The minimum Gasteiger partial charge on any atom is -0.496 e. The summed E-state index contributed by atoms with van der Waals surface area (Å²) in [6.45, 7) is -1.11. The summed E-state index contributed by atoms with van der Waals surface area (Å²) in [5.74, 6) is 0.807. The molecule has 0 spiro atoms. The van der Waals surface area contributed by atoms with Crippen LogP contribution in [-0.4, -0.2) is 60.0 Å². The van der Waals surface area contributed by atoms with Crippen LogP contribution in [0.25, 0.3) is 16.9 Å². The number of halogens is 2. The monoisotopic (exact) mass is 485 g/mol. The molecule has 2 aromatic heterocycles. The molecule has 0 amide bonds. The Kier molecular flexibility index (Phi) is 6.60. The van der Waals surface area contributed by atoms with Crippen molar-refractivity contribution in [1.82, 2.24) is 14.3 Å². The van der Waals surface area contributed by atoms with Gasteiger partial charge in [-0.25, -0.2) is 4.98 Å². The highest BCUT2D eigenvalue weighted by Crippen LogP contribution is 2.40. The van der Waals surface area contributed by atoms with Crippen molar-refractivity contribution in [2.24, 2.45) is 5.92 Å². The van der Waals surface area contributed by atoms with Crippen LogP contribution in [-0.2, 0) is 0 Å². The highest BCUT2D eigenvalue weighted by atomic mass is 19.3. The van der Waals surface area contributed by atoms with Crippen molar-refractivity contribution in [3.63, 3.8) is 0 Å². The fourth-order valence-corrected chi connectivity index (χ4v) is 4.71. The number of piperidine rings is 1. The number of alkyl halides is 2. The number of hydrogen-bond donors (Lipinski definition) is 0. The van der Waals surface area contributed by atoms with Gasteiger partial charge in [0, 0.05) is 30.8 Å². The van der Waals surface area contributed by atoms with E-state index in [0.29, 0.717) is 29.2 Å². The molecule has 9 heteroatoms. The summed E-state index contributed by atoms with van der Waals surface area (Å²) in [5.41, 5.74) is 1.93. The normalized spacial score (nSPS) is 18.7. The molecule has 1 unspecified atom stereocenters. The number of imidazole rings is 1. The quantitative estimate of drug-likeness (QED) is 0.395. The van der Waals surface area contributed by atoms with Gasteiger partial charge in [0.1, 0.15) is 34.6 Å². The molecule has 1 aromatic carbocycles. The average Bonchev–Trinajstić information content (AvgIpc) is 3.53. The Hall–Kier alpha value is -3.20. The molecule has 5 rings (SSSR count). The molecule has 186 valence electrons. The summed E-state index contributed by atoms with van der Waals surface area (Å²) in [6.07, 6.45) is 7.97. The van der Waals surface area contributed by atoms with Crippen molar-refractivity contribution in [1.29, 1.82) is 0 Å². The highest BCUT2D eigenvalue weighted by molar-refractivity contribution is 6.02. The van der Waals surface area contributed by atoms with E-state index in [-0.39, 0.29) is 28.9 Å². The molecule has 35 heavy (non-hydrogen) atoms. The van der Waals surface area contributed by atoms with Gasteiger partial charge in [-0.15, -0.1) is 0 Å². The molecular weight excluding hydrogens is 456 g/mol. The van der Waals surface area contributed by atoms with Gasteiger partial charge < -0.3 is 19.1 Å². The molecule has 2 aliphatic rings. The van der Waals surface area contributed by atoms with E-state index >= 15 is 0 Å². The SMILES string of the molecule is COc1cc(-c2cnc3cc(OC4CCCN(C)C4)ccn23)cc(OC(F)F)c1C(=O)CC1CC1. The minimum atomic E-state index is -3.07. The summed E-state index contributed by atoms with van der Waals surface area (Å²) in [6, 6.07) is 6.86. The van der Waals surface area contributed by atoms with Crippen LogP contribution in [0.1, 0.15) is 42.5 Å². The molecule has 1 aliphatic heterocycles. The Labute approximate surface area is 202 Å². The van der Waals surface area contributed by atoms with Gasteiger partial charge in [-0.05, 0) is 63.4 Å². The predicted octanol–water partition coefficient (Wildman–Crippen LogP) is 5.07. The lowest BCUT2D eigenvalue weighted by molar-refractivity contribution is -0.0502. The number of carbonyl (C=O) groups excluding carboxylic acids is 1. The molecule has 0 radical (unpaired) electrons. The van der Waals surface area contributed by atoms with Gasteiger partial charge in [0.05, 0.1) is 19.0 Å². The van der Waals surface area contributed by atoms with Gasteiger partial charge in [0.25, 0.3) is 0 Å². The molecule has 3 heterocycles. The number of nitrogens with zero attached hydrogens (tertiary/aromatic N) is 3. The summed E-state index contributed by atoms with van der Waals surface area (Å²) < 4.78 is 44.8. The van der Waals surface area contributed by atoms with Crippen molar-refractivity contribution in [2.75, 3.05) is 27.2 Å². The molecule has 1 aliphatic carbocycles. The minimum absolute atomic E-state index is 0.0606. The standard InChI is InChI=1S/C26H29F2N3O4/c1-30-8-3-4-19(15-30)34-18-7-9-31-20(14-29-24(31)13-18)17-11-22(33-2)25(21(32)10-16-5-6-16)23(12-17)35-26(27)28/h7,9,11-14,16,19,26H,3-6,8,10,15H2,1-2H3. The van der Waals surface area contributed by atoms with Gasteiger partial charge in [0.2, 0.25) is 0 Å². The number of methoxy groups -OCH3 is 1. The number of ketones is 1. The third kappa shape index (κ3) is 5.24. The second kappa shape index (κ2) is 9.81. The van der Waals surface area contributed by atoms with Crippen molar-refractivity contribution < 1.29 is 27.8 Å². The zero-order chi connectivity index (χ0) is 24.5. The number of aromatic nitrogens is 2. The van der Waals surface area contributed by atoms with E-state index in [1.54, 1.807) is 12.3 Å². The molecule has 0 bridgehead atoms. The van der Waals surface area contributed by atoms with Crippen molar-refractivity contribution in [3.8, 4) is 28.5 Å². The van der Waals surface area contributed by atoms with E-state index in [1.807, 2.05) is 22.7 Å². The first-order valence-electron chi connectivity index (χ1n) is 11.9. The Balaban J connectivity index is 1.47. The number of rotatable bonds is 9. The van der Waals surface area contributed by atoms with E-state index in [0.717, 1.165) is 44.5 Å². The lowest BCUT2D eigenvalue weighted by Crippen LogP contribution is -2.38. The van der Waals surface area contributed by atoms with E-state index in [2.05, 4.69) is 16.9 Å². The number of likely N-dealkylation sites (N-methyl/N-ethyl adjacent to an activating group) is 1. The van der Waals surface area contributed by atoms with Crippen LogP contribution in [0.2, 0.25) is 0 Å². The highest BCUT2D eigenvalue weighted by Gasteiger charge is 2.30. The number of carbonyl (C=O) groups is 1. The van der Waals surface area contributed by atoms with Gasteiger partial charge in [-0.1, -0.05) is 0 Å². The topological polar surface area (TPSA) is 65.3 Å². The third-order valence-electron chi connectivity index (χ3n) is 6.62. The van der Waals surface area contributed by atoms with E-state index in [1.165, 1.54) is 13.2 Å². The lowest BCUT2D eigenvalue weighted by Gasteiger charge is -2.30. The van der Waals surface area contributed by atoms with Crippen LogP contribution in [0, 0.1) is 5.92 Å². The predicted molar refractivity (Wildman–Crippen MR) is 127 cm³/mol. The smallest absolute Gasteiger partial charge is 0.387 e. The van der Waals surface area contributed by atoms with Crippen molar-refractivity contribution in [2.45, 2.75) is 44.8 Å². The van der Waals surface area contributed by atoms with Gasteiger partial charge in [-0.2, -0.15) is 8.78 Å². The summed E-state index contributed by atoms with van der Waals surface area (Å²) in [4.78, 5) is 19.6. The Bertz CT molecular complexity index is 1220. The second-order valence-electron chi connectivity index (χ2n) is 9.38. The number of pyridine rings is 1. The summed E-state index contributed by atoms with van der Waals surface area (Å²) in [7, 11) is 3.50. The molecule has 0 N–H and O–H groups in total. The van der Waals surface area contributed by atoms with Gasteiger partial charge in [-0.3, -0.25) is 9.20 Å². The van der Waals surface area contributed by atoms with Crippen LogP contribution in [0.15, 0.2) is 36.7 Å². The fourth-order valence-electron chi connectivity index (χ4n) is 4.71.